The topological polar surface area (TPSA) is 73.9 Å². The molecule has 1 atom stereocenters. The summed E-state index contributed by atoms with van der Waals surface area (Å²) in [5.74, 6) is 0.364. The summed E-state index contributed by atoms with van der Waals surface area (Å²) in [6.45, 7) is 3.01. The molecule has 130 valence electrons. The maximum atomic E-state index is 12.0. The Morgan fingerprint density at radius 2 is 1.86 bits per heavy atom. The molecule has 0 saturated carbocycles. The number of carbonyl (C=O) groups is 2. The van der Waals surface area contributed by atoms with Crippen LogP contribution in [0.15, 0.2) is 0 Å². The van der Waals surface area contributed by atoms with E-state index < -0.39 is 18.1 Å². The van der Waals surface area contributed by atoms with Crippen LogP contribution in [-0.2, 0) is 19.0 Å². The fourth-order valence-corrected chi connectivity index (χ4v) is 2.16. The summed E-state index contributed by atoms with van der Waals surface area (Å²) in [5.41, 5.74) is 0. The van der Waals surface area contributed by atoms with Crippen LogP contribution in [0.5, 0.6) is 0 Å². The summed E-state index contributed by atoms with van der Waals surface area (Å²) < 4.78 is 14.9. The van der Waals surface area contributed by atoms with E-state index >= 15 is 0 Å². The Hall–Kier alpha value is -0.950. The quantitative estimate of drug-likeness (QED) is 0.412. The molecule has 7 heteroatoms. The maximum Gasteiger partial charge on any atom is 0.407 e. The second kappa shape index (κ2) is 15.0. The maximum absolute atomic E-state index is 12.0. The first-order chi connectivity index (χ1) is 10.7. The Kier molecular flexibility index (Phi) is 14.3. The number of unbranched alkanes of at least 4 members (excludes halogenated alkanes) is 3. The van der Waals surface area contributed by atoms with Crippen LogP contribution in [0.1, 0.15) is 39.0 Å². The highest BCUT2D eigenvalue weighted by Gasteiger charge is 2.22. The predicted octanol–water partition coefficient (Wildman–Crippen LogP) is 2.60. The molecular weight excluding hydrogens is 306 g/mol. The Balaban J connectivity index is 4.12. The van der Waals surface area contributed by atoms with Gasteiger partial charge >= 0.3 is 12.1 Å². The second-order valence-electron chi connectivity index (χ2n) is 4.84. The predicted molar refractivity (Wildman–Crippen MR) is 88.2 cm³/mol. The third-order valence-corrected chi connectivity index (χ3v) is 3.59. The number of amides is 1. The van der Waals surface area contributed by atoms with Gasteiger partial charge in [0, 0.05) is 7.11 Å². The van der Waals surface area contributed by atoms with E-state index in [1.807, 2.05) is 6.26 Å². The molecule has 0 aliphatic carbocycles. The molecule has 1 unspecified atom stereocenters. The minimum absolute atomic E-state index is 0.156. The van der Waals surface area contributed by atoms with Gasteiger partial charge in [-0.1, -0.05) is 26.2 Å². The van der Waals surface area contributed by atoms with Crippen LogP contribution in [0.25, 0.3) is 0 Å². The number of carbonyl (C=O) groups excluding carboxylic acids is 2. The zero-order chi connectivity index (χ0) is 16.6. The summed E-state index contributed by atoms with van der Waals surface area (Å²) in [5, 5.41) is 2.56. The number of ether oxygens (including phenoxy) is 3. The van der Waals surface area contributed by atoms with E-state index in [1.54, 1.807) is 11.8 Å². The summed E-state index contributed by atoms with van der Waals surface area (Å²) in [4.78, 5) is 23.6. The van der Waals surface area contributed by atoms with Crippen molar-refractivity contribution < 1.29 is 23.8 Å². The highest BCUT2D eigenvalue weighted by molar-refractivity contribution is 7.98. The molecule has 6 nitrogen and oxygen atoms in total. The van der Waals surface area contributed by atoms with E-state index in [-0.39, 0.29) is 6.61 Å². The van der Waals surface area contributed by atoms with E-state index in [2.05, 4.69) is 12.2 Å². The minimum Gasteiger partial charge on any atom is -0.464 e. The number of thioether (sulfide) groups is 1. The van der Waals surface area contributed by atoms with Gasteiger partial charge < -0.3 is 19.5 Å². The van der Waals surface area contributed by atoms with Crippen LogP contribution >= 0.6 is 11.8 Å². The number of hydrogen-bond donors (Lipinski definition) is 1. The van der Waals surface area contributed by atoms with Crippen molar-refractivity contribution in [3.63, 3.8) is 0 Å². The lowest BCUT2D eigenvalue weighted by Crippen LogP contribution is -2.42. The van der Waals surface area contributed by atoms with E-state index in [9.17, 15) is 9.59 Å². The van der Waals surface area contributed by atoms with Gasteiger partial charge in [-0.2, -0.15) is 11.8 Å². The normalized spacial score (nSPS) is 11.8. The highest BCUT2D eigenvalue weighted by atomic mass is 32.2. The lowest BCUT2D eigenvalue weighted by molar-refractivity contribution is -0.146. The van der Waals surface area contributed by atoms with Gasteiger partial charge in [-0.3, -0.25) is 0 Å². The Morgan fingerprint density at radius 3 is 2.50 bits per heavy atom. The van der Waals surface area contributed by atoms with Crippen molar-refractivity contribution in [2.24, 2.45) is 0 Å². The zero-order valence-corrected chi connectivity index (χ0v) is 14.7. The van der Waals surface area contributed by atoms with E-state index in [1.165, 1.54) is 7.11 Å². The van der Waals surface area contributed by atoms with Gasteiger partial charge in [0.1, 0.15) is 12.6 Å². The highest BCUT2D eigenvalue weighted by Crippen LogP contribution is 2.05. The summed E-state index contributed by atoms with van der Waals surface area (Å²) in [6.07, 6.45) is 6.03. The first kappa shape index (κ1) is 21.0. The Labute approximate surface area is 137 Å². The molecule has 0 bridgehead atoms. The molecule has 1 N–H and O–H groups in total. The molecule has 0 aromatic rings. The van der Waals surface area contributed by atoms with Crippen molar-refractivity contribution >= 4 is 23.8 Å². The molecule has 0 aromatic carbocycles. The first-order valence-corrected chi connectivity index (χ1v) is 9.12. The zero-order valence-electron chi connectivity index (χ0n) is 13.9. The van der Waals surface area contributed by atoms with Crippen molar-refractivity contribution in [2.45, 2.75) is 45.1 Å². The number of hydrogen-bond acceptors (Lipinski definition) is 6. The summed E-state index contributed by atoms with van der Waals surface area (Å²) in [6, 6.07) is -0.659. The van der Waals surface area contributed by atoms with Gasteiger partial charge in [-0.25, -0.2) is 9.59 Å². The number of nitrogens with one attached hydrogen (secondary N) is 1. The van der Waals surface area contributed by atoms with Crippen molar-refractivity contribution in [3.8, 4) is 0 Å². The van der Waals surface area contributed by atoms with Crippen molar-refractivity contribution in [3.05, 3.63) is 0 Å². The SMILES string of the molecule is CCCCCCOC(=O)C(CCSC)NC(=O)OCCOC. The van der Waals surface area contributed by atoms with Crippen LogP contribution in [0, 0.1) is 0 Å². The third-order valence-electron chi connectivity index (χ3n) is 2.95. The van der Waals surface area contributed by atoms with Crippen molar-refractivity contribution in [1.29, 1.82) is 0 Å². The van der Waals surface area contributed by atoms with Crippen LogP contribution in [0.3, 0.4) is 0 Å². The van der Waals surface area contributed by atoms with Crippen molar-refractivity contribution in [1.82, 2.24) is 5.32 Å². The van der Waals surface area contributed by atoms with Gasteiger partial charge in [0.05, 0.1) is 13.2 Å². The van der Waals surface area contributed by atoms with Gasteiger partial charge in [0.25, 0.3) is 0 Å². The number of esters is 1. The molecule has 0 aliphatic heterocycles. The molecule has 1 amide bonds. The standard InChI is InChI=1S/C15H29NO5S/c1-4-5-6-7-9-20-14(17)13(8-12-22-3)16-15(18)21-11-10-19-2/h13H,4-12H2,1-3H3,(H,16,18). The molecule has 22 heavy (non-hydrogen) atoms. The molecule has 0 rings (SSSR count). The fraction of sp³-hybridized carbons (Fsp3) is 0.867. The summed E-state index contributed by atoms with van der Waals surface area (Å²) >= 11 is 1.61. The molecule has 0 spiro atoms. The molecule has 0 saturated heterocycles. The molecule has 0 heterocycles. The average Bonchev–Trinajstić information content (AvgIpc) is 2.51. The molecule has 0 fully saturated rings. The Morgan fingerprint density at radius 1 is 1.09 bits per heavy atom. The number of alkyl carbamates (subject to hydrolysis) is 1. The van der Waals surface area contributed by atoms with E-state index in [0.29, 0.717) is 19.6 Å². The average molecular weight is 335 g/mol. The number of methoxy groups -OCH3 is 1. The molecule has 0 aromatic heterocycles. The van der Waals surface area contributed by atoms with E-state index in [0.717, 1.165) is 31.4 Å². The lowest BCUT2D eigenvalue weighted by atomic mass is 10.2. The lowest BCUT2D eigenvalue weighted by Gasteiger charge is -2.17. The molecular formula is C15H29NO5S. The van der Waals surface area contributed by atoms with Gasteiger partial charge in [0.15, 0.2) is 0 Å². The van der Waals surface area contributed by atoms with Crippen LogP contribution < -0.4 is 5.32 Å². The molecule has 0 aliphatic rings. The summed E-state index contributed by atoms with van der Waals surface area (Å²) in [7, 11) is 1.53. The Bertz CT molecular complexity index is 302. The second-order valence-corrected chi connectivity index (χ2v) is 5.82. The van der Waals surface area contributed by atoms with Crippen LogP contribution in [-0.4, -0.2) is 57.0 Å². The number of rotatable bonds is 13. The van der Waals surface area contributed by atoms with Gasteiger partial charge in [-0.15, -0.1) is 0 Å². The largest absolute Gasteiger partial charge is 0.464 e. The van der Waals surface area contributed by atoms with Crippen LogP contribution in [0.2, 0.25) is 0 Å². The molecule has 0 radical (unpaired) electrons. The fourth-order valence-electron chi connectivity index (χ4n) is 1.69. The first-order valence-electron chi connectivity index (χ1n) is 7.73. The minimum atomic E-state index is -0.659. The van der Waals surface area contributed by atoms with Gasteiger partial charge in [0.2, 0.25) is 0 Å². The monoisotopic (exact) mass is 335 g/mol. The smallest absolute Gasteiger partial charge is 0.407 e. The van der Waals surface area contributed by atoms with Gasteiger partial charge in [-0.05, 0) is 24.9 Å². The van der Waals surface area contributed by atoms with E-state index in [4.69, 9.17) is 14.2 Å². The van der Waals surface area contributed by atoms with Crippen molar-refractivity contribution in [2.75, 3.05) is 38.9 Å². The van der Waals surface area contributed by atoms with Crippen LogP contribution in [0.4, 0.5) is 4.79 Å². The third kappa shape index (κ3) is 11.7.